The summed E-state index contributed by atoms with van der Waals surface area (Å²) < 4.78 is 5.83. The first kappa shape index (κ1) is 15.0. The van der Waals surface area contributed by atoms with E-state index < -0.39 is 6.10 Å². The van der Waals surface area contributed by atoms with Crippen LogP contribution in [-0.4, -0.2) is 28.2 Å². The molecule has 2 atom stereocenters. The number of thiazole rings is 1. The van der Waals surface area contributed by atoms with Gasteiger partial charge in [-0.05, 0) is 43.5 Å². The van der Waals surface area contributed by atoms with E-state index in [2.05, 4.69) is 10.3 Å². The number of carbonyl (C=O) groups excluding carboxylic acids is 1. The van der Waals surface area contributed by atoms with Crippen molar-refractivity contribution in [1.82, 2.24) is 4.98 Å². The Bertz CT molecular complexity index is 613. The van der Waals surface area contributed by atoms with Crippen molar-refractivity contribution in [3.63, 3.8) is 0 Å². The number of aliphatic hydroxyl groups is 1. The lowest BCUT2D eigenvalue weighted by Gasteiger charge is -2.28. The fraction of sp³-hybridized carbons (Fsp3) is 0.375. The summed E-state index contributed by atoms with van der Waals surface area (Å²) in [6.45, 7) is 0. The van der Waals surface area contributed by atoms with Crippen molar-refractivity contribution < 1.29 is 14.6 Å². The molecule has 0 aliphatic heterocycles. The Balaban J connectivity index is 1.59. The van der Waals surface area contributed by atoms with Gasteiger partial charge in [0.2, 0.25) is 0 Å². The molecule has 0 unspecified atom stereocenters. The van der Waals surface area contributed by atoms with Crippen LogP contribution in [0.5, 0.6) is 5.75 Å². The molecule has 1 aromatic heterocycles. The Morgan fingerprint density at radius 3 is 2.73 bits per heavy atom. The van der Waals surface area contributed by atoms with Gasteiger partial charge in [-0.1, -0.05) is 6.42 Å². The Morgan fingerprint density at radius 1 is 1.27 bits per heavy atom. The minimum atomic E-state index is -0.391. The average molecular weight is 318 g/mol. The van der Waals surface area contributed by atoms with Gasteiger partial charge >= 0.3 is 0 Å². The van der Waals surface area contributed by atoms with E-state index in [1.54, 1.807) is 35.2 Å². The number of anilines is 1. The van der Waals surface area contributed by atoms with E-state index in [0.29, 0.717) is 17.1 Å². The number of nitrogens with zero attached hydrogens (tertiary/aromatic N) is 1. The highest BCUT2D eigenvalue weighted by molar-refractivity contribution is 7.07. The smallest absolute Gasteiger partial charge is 0.275 e. The Labute approximate surface area is 133 Å². The monoisotopic (exact) mass is 318 g/mol. The number of amides is 1. The molecule has 0 bridgehead atoms. The lowest BCUT2D eigenvalue weighted by atomic mass is 9.95. The third kappa shape index (κ3) is 3.64. The number of aromatic nitrogens is 1. The molecule has 6 heteroatoms. The molecule has 1 amide bonds. The van der Waals surface area contributed by atoms with Crippen LogP contribution in [0.1, 0.15) is 36.2 Å². The molecule has 2 N–H and O–H groups in total. The third-order valence-corrected chi connectivity index (χ3v) is 4.32. The van der Waals surface area contributed by atoms with Crippen LogP contribution in [0.2, 0.25) is 0 Å². The average Bonchev–Trinajstić information content (AvgIpc) is 3.06. The van der Waals surface area contributed by atoms with Crippen LogP contribution in [-0.2, 0) is 0 Å². The van der Waals surface area contributed by atoms with E-state index in [1.165, 1.54) is 11.3 Å². The molecular formula is C16H18N2O3S. The number of rotatable bonds is 4. The van der Waals surface area contributed by atoms with Crippen molar-refractivity contribution in [3.05, 3.63) is 40.8 Å². The zero-order valence-electron chi connectivity index (χ0n) is 12.1. The lowest BCUT2D eigenvalue weighted by molar-refractivity contribution is 0.00688. The maximum Gasteiger partial charge on any atom is 0.275 e. The number of carbonyl (C=O) groups is 1. The van der Waals surface area contributed by atoms with Crippen molar-refractivity contribution >= 4 is 22.9 Å². The Kier molecular flexibility index (Phi) is 4.70. The minimum Gasteiger partial charge on any atom is -0.488 e. The number of hydrogen-bond acceptors (Lipinski definition) is 5. The molecule has 2 aromatic rings. The van der Waals surface area contributed by atoms with E-state index in [4.69, 9.17) is 4.74 Å². The van der Waals surface area contributed by atoms with Gasteiger partial charge in [0.15, 0.2) is 0 Å². The third-order valence-electron chi connectivity index (χ3n) is 3.73. The summed E-state index contributed by atoms with van der Waals surface area (Å²) >= 11 is 1.38. The Morgan fingerprint density at radius 2 is 2.05 bits per heavy atom. The van der Waals surface area contributed by atoms with Crippen molar-refractivity contribution in [3.8, 4) is 5.75 Å². The molecule has 1 aromatic carbocycles. The van der Waals surface area contributed by atoms with Crippen LogP contribution in [0.15, 0.2) is 35.2 Å². The normalized spacial score (nSPS) is 21.3. The van der Waals surface area contributed by atoms with E-state index >= 15 is 0 Å². The number of nitrogens with one attached hydrogen (secondary N) is 1. The SMILES string of the molecule is O=C(Nc1ccc(O[C@H]2CCCC[C@@H]2O)cc1)c1cscn1. The van der Waals surface area contributed by atoms with Crippen molar-refractivity contribution in [2.75, 3.05) is 5.32 Å². The van der Waals surface area contributed by atoms with Crippen LogP contribution in [0, 0.1) is 0 Å². The molecule has 1 aliphatic carbocycles. The van der Waals surface area contributed by atoms with Gasteiger partial charge in [0.1, 0.15) is 17.5 Å². The van der Waals surface area contributed by atoms with Gasteiger partial charge in [-0.2, -0.15) is 0 Å². The molecule has 22 heavy (non-hydrogen) atoms. The first-order valence-electron chi connectivity index (χ1n) is 7.37. The molecule has 0 saturated heterocycles. The molecule has 1 saturated carbocycles. The standard InChI is InChI=1S/C16H18N2O3S/c19-14-3-1-2-4-15(14)21-12-7-5-11(6-8-12)18-16(20)13-9-22-10-17-13/h5-10,14-15,19H,1-4H2,(H,18,20)/t14-,15-/m0/s1. The fourth-order valence-corrected chi connectivity index (χ4v) is 3.06. The maximum absolute atomic E-state index is 11.9. The number of benzene rings is 1. The number of hydrogen-bond donors (Lipinski definition) is 2. The van der Waals surface area contributed by atoms with E-state index in [1.807, 2.05) is 0 Å². The van der Waals surface area contributed by atoms with Crippen LogP contribution in [0.3, 0.4) is 0 Å². The summed E-state index contributed by atoms with van der Waals surface area (Å²) in [6.07, 6.45) is 3.30. The van der Waals surface area contributed by atoms with Gasteiger partial charge < -0.3 is 15.2 Å². The summed E-state index contributed by atoms with van der Waals surface area (Å²) in [4.78, 5) is 15.9. The topological polar surface area (TPSA) is 71.5 Å². The summed E-state index contributed by atoms with van der Waals surface area (Å²) in [7, 11) is 0. The first-order chi connectivity index (χ1) is 10.7. The zero-order valence-corrected chi connectivity index (χ0v) is 12.9. The summed E-state index contributed by atoms with van der Waals surface area (Å²) in [6, 6.07) is 7.18. The molecular weight excluding hydrogens is 300 g/mol. The predicted octanol–water partition coefficient (Wildman–Crippen LogP) is 3.08. The van der Waals surface area contributed by atoms with Crippen molar-refractivity contribution in [2.45, 2.75) is 37.9 Å². The number of ether oxygens (including phenoxy) is 1. The molecule has 1 heterocycles. The highest BCUT2D eigenvalue weighted by Crippen LogP contribution is 2.25. The first-order valence-corrected chi connectivity index (χ1v) is 8.31. The molecule has 116 valence electrons. The quantitative estimate of drug-likeness (QED) is 0.909. The molecule has 3 rings (SSSR count). The second-order valence-corrected chi connectivity index (χ2v) is 6.08. The summed E-state index contributed by atoms with van der Waals surface area (Å²) in [5.41, 5.74) is 2.73. The van der Waals surface area contributed by atoms with Gasteiger partial charge in [-0.3, -0.25) is 4.79 Å². The van der Waals surface area contributed by atoms with Crippen molar-refractivity contribution in [2.24, 2.45) is 0 Å². The van der Waals surface area contributed by atoms with Crippen LogP contribution < -0.4 is 10.1 Å². The second kappa shape index (κ2) is 6.89. The molecule has 5 nitrogen and oxygen atoms in total. The predicted molar refractivity (Wildman–Crippen MR) is 85.4 cm³/mol. The zero-order chi connectivity index (χ0) is 15.4. The van der Waals surface area contributed by atoms with E-state index in [9.17, 15) is 9.90 Å². The molecule has 1 fully saturated rings. The highest BCUT2D eigenvalue weighted by atomic mass is 32.1. The largest absolute Gasteiger partial charge is 0.488 e. The molecule has 1 aliphatic rings. The van der Waals surface area contributed by atoms with E-state index in [0.717, 1.165) is 25.7 Å². The highest BCUT2D eigenvalue weighted by Gasteiger charge is 2.24. The fourth-order valence-electron chi connectivity index (χ4n) is 2.53. The summed E-state index contributed by atoms with van der Waals surface area (Å²) in [5.74, 6) is 0.482. The lowest BCUT2D eigenvalue weighted by Crippen LogP contribution is -2.34. The van der Waals surface area contributed by atoms with Gasteiger partial charge in [0.25, 0.3) is 5.91 Å². The molecule has 0 spiro atoms. The van der Waals surface area contributed by atoms with Crippen LogP contribution in [0.25, 0.3) is 0 Å². The van der Waals surface area contributed by atoms with E-state index in [-0.39, 0.29) is 12.0 Å². The van der Waals surface area contributed by atoms with Gasteiger partial charge in [-0.15, -0.1) is 11.3 Å². The number of aliphatic hydroxyl groups excluding tert-OH is 1. The van der Waals surface area contributed by atoms with Gasteiger partial charge in [-0.25, -0.2) is 4.98 Å². The Hall–Kier alpha value is -1.92. The van der Waals surface area contributed by atoms with Crippen molar-refractivity contribution in [1.29, 1.82) is 0 Å². The van der Waals surface area contributed by atoms with Crippen LogP contribution >= 0.6 is 11.3 Å². The van der Waals surface area contributed by atoms with Gasteiger partial charge in [0, 0.05) is 11.1 Å². The van der Waals surface area contributed by atoms with Crippen LogP contribution in [0.4, 0.5) is 5.69 Å². The summed E-state index contributed by atoms with van der Waals surface area (Å²) in [5, 5.41) is 14.4. The van der Waals surface area contributed by atoms with Gasteiger partial charge in [0.05, 0.1) is 11.6 Å². The molecule has 0 radical (unpaired) electrons. The second-order valence-electron chi connectivity index (χ2n) is 5.36. The maximum atomic E-state index is 11.9. The minimum absolute atomic E-state index is 0.135.